The monoisotopic (exact) mass is 460 g/mol. The van der Waals surface area contributed by atoms with Crippen LogP contribution in [0.1, 0.15) is 28.4 Å². The molecule has 0 bridgehead atoms. The number of fused-ring (bicyclic) bond motifs is 1. The van der Waals surface area contributed by atoms with Crippen LogP contribution in [0.5, 0.6) is 17.2 Å². The number of aromatic nitrogens is 1. The Hall–Kier alpha value is -4.78. The first-order chi connectivity index (χ1) is 16.5. The van der Waals surface area contributed by atoms with Gasteiger partial charge < -0.3 is 24.7 Å². The second-order valence-electron chi connectivity index (χ2n) is 7.01. The van der Waals surface area contributed by atoms with Crippen LogP contribution >= 0.6 is 0 Å². The molecule has 0 radical (unpaired) electrons. The lowest BCUT2D eigenvalue weighted by Crippen LogP contribution is -2.29. The molecule has 2 N–H and O–H groups in total. The Bertz CT molecular complexity index is 1390. The van der Waals surface area contributed by atoms with E-state index in [4.69, 9.17) is 24.7 Å². The summed E-state index contributed by atoms with van der Waals surface area (Å²) in [5.41, 5.74) is 5.94. The molecule has 2 heterocycles. The summed E-state index contributed by atoms with van der Waals surface area (Å²) >= 11 is 0. The maximum absolute atomic E-state index is 13.4. The molecule has 3 aromatic rings. The van der Waals surface area contributed by atoms with Crippen molar-refractivity contribution in [3.8, 4) is 34.4 Å². The topological polar surface area (TPSA) is 138 Å². The minimum atomic E-state index is -0.892. The van der Waals surface area contributed by atoms with E-state index >= 15 is 0 Å². The maximum Gasteiger partial charge on any atom is 0.344 e. The number of benzene rings is 2. The Morgan fingerprint density at radius 1 is 1.26 bits per heavy atom. The molecule has 1 aromatic heterocycles. The number of nitrogens with two attached hydrogens (primary N) is 1. The number of hydrogen-bond donors (Lipinski definition) is 1. The largest absolute Gasteiger partial charge is 0.497 e. The molecule has 34 heavy (non-hydrogen) atoms. The molecule has 172 valence electrons. The highest BCUT2D eigenvalue weighted by atomic mass is 16.7. The zero-order valence-electron chi connectivity index (χ0n) is 18.4. The molecular weight excluding hydrogens is 440 g/mol. The van der Waals surface area contributed by atoms with Gasteiger partial charge in [0.1, 0.15) is 28.8 Å². The van der Waals surface area contributed by atoms with Gasteiger partial charge in [0.25, 0.3) is 5.56 Å². The van der Waals surface area contributed by atoms with Crippen molar-refractivity contribution >= 4 is 18.0 Å². The zero-order valence-corrected chi connectivity index (χ0v) is 18.4. The molecule has 1 aliphatic rings. The number of rotatable bonds is 6. The van der Waals surface area contributed by atoms with E-state index in [1.54, 1.807) is 49.4 Å². The summed E-state index contributed by atoms with van der Waals surface area (Å²) in [6, 6.07) is 13.7. The first-order valence-electron chi connectivity index (χ1n) is 10.2. The molecule has 0 saturated carbocycles. The van der Waals surface area contributed by atoms with Crippen LogP contribution in [0.25, 0.3) is 11.1 Å². The molecule has 1 aliphatic heterocycles. The van der Waals surface area contributed by atoms with Crippen molar-refractivity contribution < 1.29 is 23.7 Å². The van der Waals surface area contributed by atoms with Crippen LogP contribution in [0, 0.1) is 11.3 Å². The summed E-state index contributed by atoms with van der Waals surface area (Å²) < 4.78 is 21.9. The summed E-state index contributed by atoms with van der Waals surface area (Å²) in [7, 11) is 1.51. The number of hydrogen-bond acceptors (Lipinski definition) is 9. The van der Waals surface area contributed by atoms with Gasteiger partial charge in [0.05, 0.1) is 19.9 Å². The standard InChI is InChI=1S/C24H20N4O6/c1-3-32-24(30)20-19(14-7-9-16(31-2)10-8-14)17(11-25)22(26)28(23(20)29)27-12-15-5-4-6-18-21(15)34-13-33-18/h4-10,12H,3,13,26H2,1-2H3/b27-12+. The lowest BCUT2D eigenvalue weighted by molar-refractivity contribution is 0.0524. The summed E-state index contributed by atoms with van der Waals surface area (Å²) in [4.78, 5) is 26.3. The Balaban J connectivity index is 1.93. The summed E-state index contributed by atoms with van der Waals surface area (Å²) in [5.74, 6) is 0.429. The number of anilines is 1. The lowest BCUT2D eigenvalue weighted by atomic mass is 9.96. The minimum Gasteiger partial charge on any atom is -0.497 e. The molecule has 10 heteroatoms. The Labute approximate surface area is 194 Å². The van der Waals surface area contributed by atoms with E-state index in [2.05, 4.69) is 5.10 Å². The number of nitriles is 1. The van der Waals surface area contributed by atoms with Gasteiger partial charge in [0.2, 0.25) is 6.79 Å². The number of pyridine rings is 1. The SMILES string of the molecule is CCOC(=O)c1c(-c2ccc(OC)cc2)c(C#N)c(N)n(/N=C/c2cccc3c2OCO3)c1=O. The van der Waals surface area contributed by atoms with Gasteiger partial charge in [-0.1, -0.05) is 18.2 Å². The van der Waals surface area contributed by atoms with E-state index in [0.29, 0.717) is 28.4 Å². The maximum atomic E-state index is 13.4. The average Bonchev–Trinajstić information content (AvgIpc) is 3.33. The van der Waals surface area contributed by atoms with E-state index in [1.165, 1.54) is 13.3 Å². The Morgan fingerprint density at radius 2 is 2.03 bits per heavy atom. The highest BCUT2D eigenvalue weighted by molar-refractivity contribution is 6.00. The van der Waals surface area contributed by atoms with Crippen molar-refractivity contribution in [1.82, 2.24) is 4.68 Å². The first kappa shape index (κ1) is 22.4. The van der Waals surface area contributed by atoms with Crippen LogP contribution in [0.15, 0.2) is 52.4 Å². The Kier molecular flexibility index (Phi) is 6.18. The van der Waals surface area contributed by atoms with Crippen molar-refractivity contribution in [2.45, 2.75) is 6.92 Å². The fourth-order valence-corrected chi connectivity index (χ4v) is 3.52. The molecule has 0 unspecified atom stereocenters. The van der Waals surface area contributed by atoms with Crippen LogP contribution in [-0.2, 0) is 4.74 Å². The van der Waals surface area contributed by atoms with Gasteiger partial charge in [-0.3, -0.25) is 4.79 Å². The number of carbonyl (C=O) groups is 1. The predicted octanol–water partition coefficient (Wildman–Crippen LogP) is 2.77. The fourth-order valence-electron chi connectivity index (χ4n) is 3.52. The zero-order chi connectivity index (χ0) is 24.2. The summed E-state index contributed by atoms with van der Waals surface area (Å²) in [5, 5.41) is 14.1. The molecule has 0 spiro atoms. The number of para-hydroxylation sites is 1. The van der Waals surface area contributed by atoms with Gasteiger partial charge in [0, 0.05) is 11.1 Å². The van der Waals surface area contributed by atoms with Crippen LogP contribution in [0.4, 0.5) is 5.82 Å². The minimum absolute atomic E-state index is 0.0311. The number of ether oxygens (including phenoxy) is 4. The predicted molar refractivity (Wildman–Crippen MR) is 123 cm³/mol. The molecule has 10 nitrogen and oxygen atoms in total. The van der Waals surface area contributed by atoms with Crippen molar-refractivity contribution in [2.75, 3.05) is 26.2 Å². The number of esters is 1. The quantitative estimate of drug-likeness (QED) is 0.438. The number of carbonyl (C=O) groups excluding carboxylic acids is 1. The van der Waals surface area contributed by atoms with Gasteiger partial charge in [0.15, 0.2) is 11.5 Å². The molecule has 0 aliphatic carbocycles. The molecule has 2 aromatic carbocycles. The second-order valence-corrected chi connectivity index (χ2v) is 7.01. The lowest BCUT2D eigenvalue weighted by Gasteiger charge is -2.15. The Morgan fingerprint density at radius 3 is 2.71 bits per heavy atom. The van der Waals surface area contributed by atoms with E-state index in [1.807, 2.05) is 6.07 Å². The van der Waals surface area contributed by atoms with Gasteiger partial charge >= 0.3 is 5.97 Å². The van der Waals surface area contributed by atoms with E-state index < -0.39 is 11.5 Å². The van der Waals surface area contributed by atoms with Crippen LogP contribution < -0.4 is 25.5 Å². The van der Waals surface area contributed by atoms with E-state index in [-0.39, 0.29) is 35.9 Å². The first-order valence-corrected chi connectivity index (χ1v) is 10.2. The molecule has 0 fully saturated rings. The van der Waals surface area contributed by atoms with Gasteiger partial charge in [-0.2, -0.15) is 15.0 Å². The van der Waals surface area contributed by atoms with Gasteiger partial charge in [-0.25, -0.2) is 4.79 Å². The van der Waals surface area contributed by atoms with E-state index in [9.17, 15) is 14.9 Å². The van der Waals surface area contributed by atoms with Crippen molar-refractivity contribution in [1.29, 1.82) is 5.26 Å². The molecule has 0 saturated heterocycles. The summed E-state index contributed by atoms with van der Waals surface area (Å²) in [6.45, 7) is 1.70. The summed E-state index contributed by atoms with van der Waals surface area (Å²) in [6.07, 6.45) is 1.34. The van der Waals surface area contributed by atoms with E-state index in [0.717, 1.165) is 4.68 Å². The highest BCUT2D eigenvalue weighted by Gasteiger charge is 2.27. The van der Waals surface area contributed by atoms with Crippen LogP contribution in [-0.4, -0.2) is 37.4 Å². The van der Waals surface area contributed by atoms with Gasteiger partial charge in [-0.05, 0) is 36.8 Å². The third-order valence-corrected chi connectivity index (χ3v) is 5.10. The van der Waals surface area contributed by atoms with Crippen LogP contribution in [0.2, 0.25) is 0 Å². The molecule has 0 atom stereocenters. The third kappa shape index (κ3) is 3.91. The number of nitrogen functional groups attached to an aromatic ring is 1. The highest BCUT2D eigenvalue weighted by Crippen LogP contribution is 2.35. The van der Waals surface area contributed by atoms with Crippen LogP contribution in [0.3, 0.4) is 0 Å². The number of nitrogens with zero attached hydrogens (tertiary/aromatic N) is 3. The third-order valence-electron chi connectivity index (χ3n) is 5.10. The normalized spacial score (nSPS) is 11.9. The second kappa shape index (κ2) is 9.38. The van der Waals surface area contributed by atoms with Gasteiger partial charge in [-0.15, -0.1) is 0 Å². The van der Waals surface area contributed by atoms with Crippen molar-refractivity contribution in [3.63, 3.8) is 0 Å². The molecular formula is C24H20N4O6. The molecule has 0 amide bonds. The number of methoxy groups -OCH3 is 1. The average molecular weight is 460 g/mol. The fraction of sp³-hybridized carbons (Fsp3) is 0.167. The van der Waals surface area contributed by atoms with Crippen molar-refractivity contribution in [3.05, 3.63) is 69.5 Å². The van der Waals surface area contributed by atoms with Crippen molar-refractivity contribution in [2.24, 2.45) is 5.10 Å². The smallest absolute Gasteiger partial charge is 0.344 e. The molecule has 4 rings (SSSR count).